The van der Waals surface area contributed by atoms with Crippen LogP contribution in [0.25, 0.3) is 10.8 Å². The first-order valence-electron chi connectivity index (χ1n) is 7.60. The highest BCUT2D eigenvalue weighted by molar-refractivity contribution is 5.84. The molecule has 1 aliphatic carbocycles. The summed E-state index contributed by atoms with van der Waals surface area (Å²) in [6, 6.07) is 12.3. The average Bonchev–Trinajstić information content (AvgIpc) is 3.06. The zero-order valence-corrected chi connectivity index (χ0v) is 12.4. The Hall–Kier alpha value is -2.03. The molecule has 0 aromatic heterocycles. The largest absolute Gasteiger partial charge is 0.497 e. The number of hydrogen-bond donors (Lipinski definition) is 1. The molecule has 1 saturated carbocycles. The van der Waals surface area contributed by atoms with Crippen molar-refractivity contribution in [2.24, 2.45) is 5.92 Å². The average molecular weight is 283 g/mol. The normalized spacial score (nSPS) is 15.3. The van der Waals surface area contributed by atoms with E-state index in [0.717, 1.165) is 29.5 Å². The van der Waals surface area contributed by atoms with Crippen molar-refractivity contribution in [1.82, 2.24) is 5.32 Å². The molecule has 2 aromatic rings. The Morgan fingerprint density at radius 1 is 1.14 bits per heavy atom. The monoisotopic (exact) mass is 283 g/mol. The van der Waals surface area contributed by atoms with E-state index in [1.54, 1.807) is 7.11 Å². The topological polar surface area (TPSA) is 38.3 Å². The molecule has 0 spiro atoms. The summed E-state index contributed by atoms with van der Waals surface area (Å²) in [4.78, 5) is 12.0. The van der Waals surface area contributed by atoms with E-state index in [1.165, 1.54) is 18.2 Å². The van der Waals surface area contributed by atoms with Crippen molar-refractivity contribution in [1.29, 1.82) is 0 Å². The van der Waals surface area contributed by atoms with Gasteiger partial charge in [0.25, 0.3) is 0 Å². The van der Waals surface area contributed by atoms with Gasteiger partial charge in [-0.25, -0.2) is 0 Å². The number of carbonyl (C=O) groups is 1. The van der Waals surface area contributed by atoms with E-state index in [2.05, 4.69) is 29.6 Å². The highest BCUT2D eigenvalue weighted by atomic mass is 16.5. The standard InChI is InChI=1S/C18H21NO2/c1-21-17-9-8-15-10-13(6-7-16(15)11-17)12-19-18(20)14-4-2-3-5-14/h6-11,14H,2-5,12H2,1H3,(H,19,20). The van der Waals surface area contributed by atoms with E-state index in [4.69, 9.17) is 4.74 Å². The zero-order chi connectivity index (χ0) is 14.7. The third-order valence-corrected chi connectivity index (χ3v) is 4.30. The minimum absolute atomic E-state index is 0.210. The fourth-order valence-corrected chi connectivity index (χ4v) is 3.03. The van der Waals surface area contributed by atoms with E-state index in [-0.39, 0.29) is 11.8 Å². The van der Waals surface area contributed by atoms with Crippen LogP contribution >= 0.6 is 0 Å². The Morgan fingerprint density at radius 2 is 1.86 bits per heavy atom. The van der Waals surface area contributed by atoms with Crippen molar-refractivity contribution >= 4 is 16.7 Å². The lowest BCUT2D eigenvalue weighted by atomic mass is 10.1. The van der Waals surface area contributed by atoms with Gasteiger partial charge in [0, 0.05) is 12.5 Å². The maximum absolute atomic E-state index is 12.0. The fraction of sp³-hybridized carbons (Fsp3) is 0.389. The Kier molecular flexibility index (Phi) is 4.09. The van der Waals surface area contributed by atoms with Crippen LogP contribution in [0.15, 0.2) is 36.4 Å². The lowest BCUT2D eigenvalue weighted by Crippen LogP contribution is -2.28. The highest BCUT2D eigenvalue weighted by Crippen LogP contribution is 2.25. The van der Waals surface area contributed by atoms with Gasteiger partial charge >= 0.3 is 0 Å². The predicted octanol–water partition coefficient (Wildman–Crippen LogP) is 3.65. The smallest absolute Gasteiger partial charge is 0.223 e. The Bertz CT molecular complexity index is 645. The number of rotatable bonds is 4. The molecule has 3 nitrogen and oxygen atoms in total. The molecule has 1 fully saturated rings. The van der Waals surface area contributed by atoms with Crippen LogP contribution in [0.3, 0.4) is 0 Å². The molecule has 1 aliphatic rings. The maximum Gasteiger partial charge on any atom is 0.223 e. The second-order valence-electron chi connectivity index (χ2n) is 5.75. The van der Waals surface area contributed by atoms with Gasteiger partial charge in [-0.2, -0.15) is 0 Å². The summed E-state index contributed by atoms with van der Waals surface area (Å²) in [5, 5.41) is 5.39. The first kappa shape index (κ1) is 13.9. The third kappa shape index (κ3) is 3.18. The summed E-state index contributed by atoms with van der Waals surface area (Å²) in [5.74, 6) is 1.31. The van der Waals surface area contributed by atoms with Gasteiger partial charge in [0.1, 0.15) is 5.75 Å². The number of hydrogen-bond acceptors (Lipinski definition) is 2. The molecule has 0 bridgehead atoms. The summed E-state index contributed by atoms with van der Waals surface area (Å²) in [7, 11) is 1.67. The van der Waals surface area contributed by atoms with Crippen molar-refractivity contribution < 1.29 is 9.53 Å². The van der Waals surface area contributed by atoms with Crippen molar-refractivity contribution in [2.45, 2.75) is 32.2 Å². The van der Waals surface area contributed by atoms with Crippen molar-refractivity contribution in [2.75, 3.05) is 7.11 Å². The van der Waals surface area contributed by atoms with Gasteiger partial charge in [-0.1, -0.05) is 31.0 Å². The molecule has 0 heterocycles. The lowest BCUT2D eigenvalue weighted by Gasteiger charge is -2.11. The van der Waals surface area contributed by atoms with E-state index in [0.29, 0.717) is 6.54 Å². The number of methoxy groups -OCH3 is 1. The summed E-state index contributed by atoms with van der Waals surface area (Å²) in [6.07, 6.45) is 4.47. The Morgan fingerprint density at radius 3 is 2.62 bits per heavy atom. The molecule has 0 saturated heterocycles. The lowest BCUT2D eigenvalue weighted by molar-refractivity contribution is -0.124. The molecule has 3 rings (SSSR count). The number of carbonyl (C=O) groups excluding carboxylic acids is 1. The number of ether oxygens (including phenoxy) is 1. The predicted molar refractivity (Wildman–Crippen MR) is 84.3 cm³/mol. The molecule has 0 radical (unpaired) electrons. The quantitative estimate of drug-likeness (QED) is 0.930. The van der Waals surface area contributed by atoms with Crippen LogP contribution in [0.1, 0.15) is 31.2 Å². The van der Waals surface area contributed by atoms with Gasteiger partial charge < -0.3 is 10.1 Å². The molecular weight excluding hydrogens is 262 g/mol. The van der Waals surface area contributed by atoms with Gasteiger partial charge in [-0.05, 0) is 47.4 Å². The van der Waals surface area contributed by atoms with Gasteiger partial charge in [0.15, 0.2) is 0 Å². The molecule has 0 unspecified atom stereocenters. The SMILES string of the molecule is COc1ccc2cc(CNC(=O)C3CCCC3)ccc2c1. The molecule has 1 amide bonds. The van der Waals surface area contributed by atoms with E-state index in [9.17, 15) is 4.79 Å². The summed E-state index contributed by atoms with van der Waals surface area (Å²) in [6.45, 7) is 0.608. The summed E-state index contributed by atoms with van der Waals surface area (Å²) < 4.78 is 5.23. The number of fused-ring (bicyclic) bond motifs is 1. The second-order valence-corrected chi connectivity index (χ2v) is 5.75. The van der Waals surface area contributed by atoms with Crippen LogP contribution in [0.4, 0.5) is 0 Å². The van der Waals surface area contributed by atoms with Crippen LogP contribution < -0.4 is 10.1 Å². The highest BCUT2D eigenvalue weighted by Gasteiger charge is 2.22. The van der Waals surface area contributed by atoms with Gasteiger partial charge in [-0.3, -0.25) is 4.79 Å². The molecule has 21 heavy (non-hydrogen) atoms. The number of benzene rings is 2. The summed E-state index contributed by atoms with van der Waals surface area (Å²) >= 11 is 0. The van der Waals surface area contributed by atoms with Crippen LogP contribution in [0.5, 0.6) is 5.75 Å². The van der Waals surface area contributed by atoms with Gasteiger partial charge in [0.05, 0.1) is 7.11 Å². The molecular formula is C18H21NO2. The number of nitrogens with one attached hydrogen (secondary N) is 1. The van der Waals surface area contributed by atoms with Crippen LogP contribution in [0, 0.1) is 5.92 Å². The van der Waals surface area contributed by atoms with Crippen LogP contribution in [-0.2, 0) is 11.3 Å². The third-order valence-electron chi connectivity index (χ3n) is 4.30. The molecule has 3 heteroatoms. The number of amides is 1. The van der Waals surface area contributed by atoms with E-state index in [1.807, 2.05) is 12.1 Å². The first-order chi connectivity index (χ1) is 10.3. The van der Waals surface area contributed by atoms with Crippen LogP contribution in [-0.4, -0.2) is 13.0 Å². The minimum Gasteiger partial charge on any atom is -0.497 e. The Labute approximate surface area is 125 Å². The van der Waals surface area contributed by atoms with Gasteiger partial charge in [0.2, 0.25) is 5.91 Å². The maximum atomic E-state index is 12.0. The summed E-state index contributed by atoms with van der Waals surface area (Å²) in [5.41, 5.74) is 1.14. The van der Waals surface area contributed by atoms with Crippen molar-refractivity contribution in [3.63, 3.8) is 0 Å². The molecule has 110 valence electrons. The molecule has 1 N–H and O–H groups in total. The molecule has 2 aromatic carbocycles. The van der Waals surface area contributed by atoms with Crippen molar-refractivity contribution in [3.05, 3.63) is 42.0 Å². The van der Waals surface area contributed by atoms with E-state index >= 15 is 0 Å². The van der Waals surface area contributed by atoms with Crippen LogP contribution in [0.2, 0.25) is 0 Å². The fourth-order valence-electron chi connectivity index (χ4n) is 3.03. The first-order valence-corrected chi connectivity index (χ1v) is 7.60. The second kappa shape index (κ2) is 6.17. The minimum atomic E-state index is 0.210. The van der Waals surface area contributed by atoms with Gasteiger partial charge in [-0.15, -0.1) is 0 Å². The molecule has 0 atom stereocenters. The van der Waals surface area contributed by atoms with E-state index < -0.39 is 0 Å². The van der Waals surface area contributed by atoms with Crippen molar-refractivity contribution in [3.8, 4) is 5.75 Å². The zero-order valence-electron chi connectivity index (χ0n) is 12.4. The Balaban J connectivity index is 1.68. The molecule has 0 aliphatic heterocycles.